The molecule has 1 amide bonds. The maximum Gasteiger partial charge on any atom is 0.270 e. The number of rotatable bonds is 4. The number of nitrogens with zero attached hydrogens (tertiary/aromatic N) is 2. The fourth-order valence-electron chi connectivity index (χ4n) is 3.48. The molecule has 0 aliphatic carbocycles. The van der Waals surface area contributed by atoms with Gasteiger partial charge >= 0.3 is 0 Å². The summed E-state index contributed by atoms with van der Waals surface area (Å²) in [6.07, 6.45) is 0. The van der Waals surface area contributed by atoms with Gasteiger partial charge in [0.05, 0.1) is 12.0 Å². The zero-order chi connectivity index (χ0) is 20.6. The van der Waals surface area contributed by atoms with Crippen LogP contribution in [0.4, 0.5) is 0 Å². The Balaban J connectivity index is 1.48. The average Bonchev–Trinajstić information content (AvgIpc) is 3.18. The van der Waals surface area contributed by atoms with Crippen molar-refractivity contribution in [2.75, 3.05) is 33.3 Å². The van der Waals surface area contributed by atoms with E-state index >= 15 is 0 Å². The quantitative estimate of drug-likeness (QED) is 0.625. The molecule has 1 aliphatic heterocycles. The molecule has 29 heavy (non-hydrogen) atoms. The van der Waals surface area contributed by atoms with Crippen molar-refractivity contribution in [1.82, 2.24) is 14.2 Å². The van der Waals surface area contributed by atoms with E-state index in [-0.39, 0.29) is 23.9 Å². The van der Waals surface area contributed by atoms with Crippen molar-refractivity contribution >= 4 is 42.8 Å². The Morgan fingerprint density at radius 2 is 1.76 bits per heavy atom. The summed E-state index contributed by atoms with van der Waals surface area (Å²) in [4.78, 5) is 18.0. The maximum absolute atomic E-state index is 12.9. The van der Waals surface area contributed by atoms with E-state index in [0.717, 1.165) is 15.4 Å². The van der Waals surface area contributed by atoms with E-state index in [1.165, 1.54) is 4.31 Å². The number of aromatic nitrogens is 1. The Bertz CT molecular complexity index is 1150. The van der Waals surface area contributed by atoms with E-state index in [2.05, 4.69) is 20.9 Å². The molecular formula is C20H20BrN3O4S. The number of amides is 1. The van der Waals surface area contributed by atoms with Crippen LogP contribution >= 0.6 is 15.9 Å². The van der Waals surface area contributed by atoms with Gasteiger partial charge in [-0.2, -0.15) is 4.31 Å². The van der Waals surface area contributed by atoms with Crippen LogP contribution in [0.5, 0.6) is 5.75 Å². The molecular weight excluding hydrogens is 458 g/mol. The Labute approximate surface area is 177 Å². The number of halogens is 1. The van der Waals surface area contributed by atoms with Crippen molar-refractivity contribution in [3.05, 3.63) is 58.7 Å². The van der Waals surface area contributed by atoms with E-state index in [4.69, 9.17) is 4.74 Å². The lowest BCUT2D eigenvalue weighted by atomic mass is 10.2. The number of carbonyl (C=O) groups is 1. The monoisotopic (exact) mass is 477 g/mol. The first kappa shape index (κ1) is 19.9. The fourth-order valence-corrected chi connectivity index (χ4v) is 5.16. The predicted octanol–water partition coefficient (Wildman–Crippen LogP) is 3.09. The number of hydrogen-bond acceptors (Lipinski definition) is 4. The standard InChI is InChI=1S/C20H20BrN3O4S/c1-28-19-4-2-3-17-16(19)13-18(22-17)20(25)23-9-11-24(12-10-23)29(26,27)15-7-5-14(21)6-8-15/h2-8,13,22H,9-12H2,1H3. The third kappa shape index (κ3) is 3.77. The Morgan fingerprint density at radius 3 is 2.41 bits per heavy atom. The van der Waals surface area contributed by atoms with Gasteiger partial charge in [0.25, 0.3) is 5.91 Å². The van der Waals surface area contributed by atoms with Gasteiger partial charge in [-0.05, 0) is 42.5 Å². The zero-order valence-corrected chi connectivity index (χ0v) is 18.2. The first-order chi connectivity index (χ1) is 13.9. The lowest BCUT2D eigenvalue weighted by Gasteiger charge is -2.33. The van der Waals surface area contributed by atoms with E-state index < -0.39 is 10.0 Å². The summed E-state index contributed by atoms with van der Waals surface area (Å²) in [5.41, 5.74) is 1.29. The average molecular weight is 478 g/mol. The second-order valence-electron chi connectivity index (χ2n) is 6.75. The molecule has 7 nitrogen and oxygen atoms in total. The number of benzene rings is 2. The van der Waals surface area contributed by atoms with Crippen molar-refractivity contribution in [2.24, 2.45) is 0 Å². The predicted molar refractivity (Wildman–Crippen MR) is 114 cm³/mol. The van der Waals surface area contributed by atoms with Gasteiger partial charge in [-0.1, -0.05) is 22.0 Å². The van der Waals surface area contributed by atoms with Crippen molar-refractivity contribution in [2.45, 2.75) is 4.90 Å². The molecule has 1 saturated heterocycles. The molecule has 4 rings (SSSR count). The largest absolute Gasteiger partial charge is 0.496 e. The van der Waals surface area contributed by atoms with Crippen LogP contribution in [-0.2, 0) is 10.0 Å². The van der Waals surface area contributed by atoms with Crippen LogP contribution in [-0.4, -0.2) is 61.8 Å². The van der Waals surface area contributed by atoms with Crippen LogP contribution < -0.4 is 4.74 Å². The van der Waals surface area contributed by atoms with Crippen molar-refractivity contribution in [1.29, 1.82) is 0 Å². The summed E-state index contributed by atoms with van der Waals surface area (Å²) in [5, 5.41) is 0.842. The van der Waals surface area contributed by atoms with E-state index in [1.54, 1.807) is 42.3 Å². The molecule has 9 heteroatoms. The topological polar surface area (TPSA) is 82.7 Å². The van der Waals surface area contributed by atoms with Crippen LogP contribution in [0.3, 0.4) is 0 Å². The molecule has 0 unspecified atom stereocenters. The molecule has 1 aromatic heterocycles. The zero-order valence-electron chi connectivity index (χ0n) is 15.8. The summed E-state index contributed by atoms with van der Waals surface area (Å²) in [6, 6.07) is 13.9. The number of methoxy groups -OCH3 is 1. The van der Waals surface area contributed by atoms with E-state index in [1.807, 2.05) is 18.2 Å². The number of carbonyl (C=O) groups excluding carboxylic acids is 1. The number of hydrogen-bond donors (Lipinski definition) is 1. The second kappa shape index (κ2) is 7.81. The highest BCUT2D eigenvalue weighted by molar-refractivity contribution is 9.10. The minimum Gasteiger partial charge on any atom is -0.496 e. The summed E-state index contributed by atoms with van der Waals surface area (Å²) >= 11 is 3.31. The molecule has 0 radical (unpaired) electrons. The van der Waals surface area contributed by atoms with Crippen LogP contribution in [0, 0.1) is 0 Å². The highest BCUT2D eigenvalue weighted by Crippen LogP contribution is 2.27. The number of sulfonamides is 1. The molecule has 0 bridgehead atoms. The molecule has 152 valence electrons. The van der Waals surface area contributed by atoms with Crippen LogP contribution in [0.15, 0.2) is 57.9 Å². The first-order valence-corrected chi connectivity index (χ1v) is 11.3. The van der Waals surface area contributed by atoms with Gasteiger partial charge in [-0.15, -0.1) is 0 Å². The molecule has 2 heterocycles. The minimum atomic E-state index is -3.57. The van der Waals surface area contributed by atoms with Crippen molar-refractivity contribution in [3.8, 4) is 5.75 Å². The van der Waals surface area contributed by atoms with Gasteiger partial charge in [0, 0.05) is 41.6 Å². The van der Waals surface area contributed by atoms with Crippen LogP contribution in [0.2, 0.25) is 0 Å². The summed E-state index contributed by atoms with van der Waals surface area (Å²) in [7, 11) is -1.98. The Hall–Kier alpha value is -2.36. The Morgan fingerprint density at radius 1 is 1.07 bits per heavy atom. The fraction of sp³-hybridized carbons (Fsp3) is 0.250. The molecule has 2 aromatic carbocycles. The highest BCUT2D eigenvalue weighted by atomic mass is 79.9. The van der Waals surface area contributed by atoms with Crippen molar-refractivity contribution < 1.29 is 17.9 Å². The normalized spacial score (nSPS) is 15.6. The number of H-pyrrole nitrogens is 1. The van der Waals surface area contributed by atoms with Gasteiger partial charge in [-0.3, -0.25) is 4.79 Å². The summed E-state index contributed by atoms with van der Waals surface area (Å²) in [5.74, 6) is 0.548. The lowest BCUT2D eigenvalue weighted by molar-refractivity contribution is 0.0693. The number of nitrogens with one attached hydrogen (secondary N) is 1. The number of ether oxygens (including phenoxy) is 1. The number of aromatic amines is 1. The van der Waals surface area contributed by atoms with Gasteiger partial charge in [-0.25, -0.2) is 8.42 Å². The van der Waals surface area contributed by atoms with Gasteiger partial charge in [0.1, 0.15) is 11.4 Å². The Kier molecular flexibility index (Phi) is 5.37. The van der Waals surface area contributed by atoms with Crippen LogP contribution in [0.25, 0.3) is 10.9 Å². The first-order valence-electron chi connectivity index (χ1n) is 9.11. The van der Waals surface area contributed by atoms with E-state index in [0.29, 0.717) is 24.5 Å². The third-order valence-corrected chi connectivity index (χ3v) is 7.49. The molecule has 1 aliphatic rings. The minimum absolute atomic E-state index is 0.149. The van der Waals surface area contributed by atoms with Gasteiger partial charge < -0.3 is 14.6 Å². The molecule has 0 saturated carbocycles. The summed E-state index contributed by atoms with van der Waals surface area (Å²) < 4.78 is 33.2. The van der Waals surface area contributed by atoms with Crippen LogP contribution in [0.1, 0.15) is 10.5 Å². The van der Waals surface area contributed by atoms with Gasteiger partial charge in [0.2, 0.25) is 10.0 Å². The van der Waals surface area contributed by atoms with Gasteiger partial charge in [0.15, 0.2) is 0 Å². The number of fused-ring (bicyclic) bond motifs is 1. The van der Waals surface area contributed by atoms with Crippen molar-refractivity contribution in [3.63, 3.8) is 0 Å². The molecule has 1 fully saturated rings. The molecule has 3 aromatic rings. The SMILES string of the molecule is COc1cccc2[nH]c(C(=O)N3CCN(S(=O)(=O)c4ccc(Br)cc4)CC3)cc12. The maximum atomic E-state index is 12.9. The summed E-state index contributed by atoms with van der Waals surface area (Å²) in [6.45, 7) is 1.18. The second-order valence-corrected chi connectivity index (χ2v) is 9.61. The third-order valence-electron chi connectivity index (χ3n) is 5.05. The lowest BCUT2D eigenvalue weighted by Crippen LogP contribution is -2.50. The number of piperazine rings is 1. The molecule has 0 atom stereocenters. The molecule has 0 spiro atoms. The smallest absolute Gasteiger partial charge is 0.270 e. The van der Waals surface area contributed by atoms with E-state index in [9.17, 15) is 13.2 Å². The highest BCUT2D eigenvalue weighted by Gasteiger charge is 2.31. The molecule has 1 N–H and O–H groups in total.